The van der Waals surface area contributed by atoms with Crippen molar-refractivity contribution in [1.29, 1.82) is 0 Å². The lowest BCUT2D eigenvalue weighted by atomic mass is 10.2. The van der Waals surface area contributed by atoms with Gasteiger partial charge in [0.1, 0.15) is 11.6 Å². The molecule has 0 fully saturated rings. The Balaban J connectivity index is 1.49. The van der Waals surface area contributed by atoms with Crippen LogP contribution in [0.25, 0.3) is 0 Å². The number of carbonyl (C=O) groups excluding carboxylic acids is 2. The van der Waals surface area contributed by atoms with Crippen molar-refractivity contribution < 1.29 is 23.1 Å². The first-order valence-corrected chi connectivity index (χ1v) is 9.83. The van der Waals surface area contributed by atoms with Gasteiger partial charge in [-0.3, -0.25) is 9.59 Å². The predicted molar refractivity (Wildman–Crippen MR) is 110 cm³/mol. The zero-order valence-corrected chi connectivity index (χ0v) is 17.0. The lowest BCUT2D eigenvalue weighted by Crippen LogP contribution is -2.22. The normalized spacial score (nSPS) is 11.6. The Kier molecular flexibility index (Phi) is 7.02. The van der Waals surface area contributed by atoms with E-state index in [-0.39, 0.29) is 35.4 Å². The minimum atomic E-state index is -0.494. The fraction of sp³-hybridized carbons (Fsp3) is 0.200. The van der Waals surface area contributed by atoms with E-state index in [1.165, 1.54) is 31.2 Å². The van der Waals surface area contributed by atoms with Crippen molar-refractivity contribution >= 4 is 35.0 Å². The van der Waals surface area contributed by atoms with Gasteiger partial charge < -0.3 is 19.8 Å². The van der Waals surface area contributed by atoms with Gasteiger partial charge >= 0.3 is 0 Å². The summed E-state index contributed by atoms with van der Waals surface area (Å²) in [5, 5.41) is 13.0. The molecule has 0 bridgehead atoms. The van der Waals surface area contributed by atoms with Gasteiger partial charge in [-0.15, -0.1) is 10.2 Å². The molecule has 2 amide bonds. The summed E-state index contributed by atoms with van der Waals surface area (Å²) in [6.07, 6.45) is 0. The van der Waals surface area contributed by atoms with Crippen LogP contribution in [0.1, 0.15) is 19.7 Å². The maximum Gasteiger partial charge on any atom is 0.277 e. The van der Waals surface area contributed by atoms with Gasteiger partial charge in [0.2, 0.25) is 11.8 Å². The fourth-order valence-electron chi connectivity index (χ4n) is 2.31. The molecule has 0 aliphatic rings. The summed E-state index contributed by atoms with van der Waals surface area (Å²) in [5.74, 6) is -0.0489. The summed E-state index contributed by atoms with van der Waals surface area (Å²) in [4.78, 5) is 23.4. The van der Waals surface area contributed by atoms with Crippen LogP contribution in [0.2, 0.25) is 0 Å². The van der Waals surface area contributed by atoms with Crippen LogP contribution in [0.4, 0.5) is 15.8 Å². The number of amides is 2. The number of hydrogen-bond donors (Lipinski definition) is 2. The molecule has 0 aliphatic heterocycles. The largest absolute Gasteiger partial charge is 0.484 e. The molecule has 3 rings (SSSR count). The molecule has 2 N–H and O–H groups in total. The van der Waals surface area contributed by atoms with Gasteiger partial charge in [0.05, 0.1) is 5.25 Å². The van der Waals surface area contributed by atoms with Crippen molar-refractivity contribution in [3.05, 3.63) is 60.2 Å². The third kappa shape index (κ3) is 6.31. The number of ether oxygens (including phenoxy) is 1. The lowest BCUT2D eigenvalue weighted by Gasteiger charge is -2.10. The Labute approximate surface area is 176 Å². The van der Waals surface area contributed by atoms with E-state index in [0.29, 0.717) is 17.1 Å². The number of hydrogen-bond acceptors (Lipinski definition) is 7. The number of aromatic nitrogens is 2. The highest BCUT2D eigenvalue weighted by Crippen LogP contribution is 2.24. The molecule has 0 aliphatic carbocycles. The Bertz CT molecular complexity index is 1010. The van der Waals surface area contributed by atoms with Gasteiger partial charge in [0.25, 0.3) is 11.1 Å². The van der Waals surface area contributed by atoms with Crippen molar-refractivity contribution in [2.75, 3.05) is 10.6 Å². The second-order valence-corrected chi connectivity index (χ2v) is 7.50. The molecule has 10 heteroatoms. The van der Waals surface area contributed by atoms with E-state index in [9.17, 15) is 14.0 Å². The molecule has 0 radical (unpaired) electrons. The molecule has 1 atom stereocenters. The Morgan fingerprint density at radius 2 is 1.70 bits per heavy atom. The minimum Gasteiger partial charge on any atom is -0.484 e. The molecule has 1 heterocycles. The van der Waals surface area contributed by atoms with Gasteiger partial charge in [0.15, 0.2) is 6.61 Å². The number of nitrogens with one attached hydrogen (secondary N) is 2. The van der Waals surface area contributed by atoms with Crippen LogP contribution in [-0.4, -0.2) is 27.3 Å². The van der Waals surface area contributed by atoms with Crippen molar-refractivity contribution in [2.24, 2.45) is 0 Å². The van der Waals surface area contributed by atoms with E-state index in [2.05, 4.69) is 20.8 Å². The van der Waals surface area contributed by atoms with Crippen LogP contribution in [-0.2, 0) is 16.2 Å². The van der Waals surface area contributed by atoms with Gasteiger partial charge in [0, 0.05) is 18.3 Å². The predicted octanol–water partition coefficient (Wildman–Crippen LogP) is 3.87. The maximum atomic E-state index is 12.9. The highest BCUT2D eigenvalue weighted by atomic mass is 32.2. The zero-order chi connectivity index (χ0) is 21.5. The minimum absolute atomic E-state index is 0.0282. The number of nitrogens with zero attached hydrogens (tertiary/aromatic N) is 2. The van der Waals surface area contributed by atoms with Gasteiger partial charge in [-0.2, -0.15) is 0 Å². The third-order valence-electron chi connectivity index (χ3n) is 3.74. The number of thioether (sulfide) groups is 1. The number of benzene rings is 2. The quantitative estimate of drug-likeness (QED) is 0.523. The molecule has 0 unspecified atom stereocenters. The van der Waals surface area contributed by atoms with Crippen molar-refractivity contribution in [2.45, 2.75) is 30.9 Å². The molecule has 0 saturated heterocycles. The van der Waals surface area contributed by atoms with Gasteiger partial charge in [-0.25, -0.2) is 4.39 Å². The van der Waals surface area contributed by atoms with E-state index >= 15 is 0 Å². The van der Waals surface area contributed by atoms with Crippen LogP contribution >= 0.6 is 11.8 Å². The number of rotatable bonds is 8. The Hall–Kier alpha value is -3.40. The molecular formula is C20H19FN4O4S. The van der Waals surface area contributed by atoms with E-state index in [1.807, 2.05) is 0 Å². The van der Waals surface area contributed by atoms with E-state index in [1.54, 1.807) is 31.2 Å². The molecule has 0 saturated carbocycles. The first-order valence-electron chi connectivity index (χ1n) is 8.95. The summed E-state index contributed by atoms with van der Waals surface area (Å²) in [7, 11) is 0. The third-order valence-corrected chi connectivity index (χ3v) is 4.68. The van der Waals surface area contributed by atoms with Crippen molar-refractivity contribution in [1.82, 2.24) is 10.2 Å². The molecule has 156 valence electrons. The van der Waals surface area contributed by atoms with Crippen LogP contribution in [0.3, 0.4) is 0 Å². The van der Waals surface area contributed by atoms with E-state index < -0.39 is 5.25 Å². The molecule has 30 heavy (non-hydrogen) atoms. The number of anilines is 2. The average Bonchev–Trinajstić information content (AvgIpc) is 3.16. The molecule has 8 nitrogen and oxygen atoms in total. The molecule has 3 aromatic rings. The highest BCUT2D eigenvalue weighted by Gasteiger charge is 2.18. The van der Waals surface area contributed by atoms with Gasteiger partial charge in [-0.05, 0) is 55.5 Å². The highest BCUT2D eigenvalue weighted by molar-refractivity contribution is 8.00. The molecule has 0 spiro atoms. The Morgan fingerprint density at radius 3 is 2.33 bits per heavy atom. The summed E-state index contributed by atoms with van der Waals surface area (Å²) in [6, 6.07) is 12.3. The summed E-state index contributed by atoms with van der Waals surface area (Å²) >= 11 is 1.11. The van der Waals surface area contributed by atoms with E-state index in [4.69, 9.17) is 9.15 Å². The summed E-state index contributed by atoms with van der Waals surface area (Å²) < 4.78 is 23.8. The topological polar surface area (TPSA) is 106 Å². The second-order valence-electron chi connectivity index (χ2n) is 6.21. The average molecular weight is 430 g/mol. The maximum absolute atomic E-state index is 12.9. The summed E-state index contributed by atoms with van der Waals surface area (Å²) in [5.41, 5.74) is 1.24. The number of halogens is 1. The van der Waals surface area contributed by atoms with Crippen molar-refractivity contribution in [3.8, 4) is 5.75 Å². The van der Waals surface area contributed by atoms with Crippen LogP contribution in [0, 0.1) is 5.82 Å². The zero-order valence-electron chi connectivity index (χ0n) is 16.2. The monoisotopic (exact) mass is 430 g/mol. The fourth-order valence-corrected chi connectivity index (χ4v) is 3.01. The first-order chi connectivity index (χ1) is 14.4. The molecule has 2 aromatic carbocycles. The standard InChI is InChI=1S/C20H19FN4O4S/c1-12(19(27)23-16-7-5-15(6-8-16)22-13(2)26)30-20-25-24-18(29-20)11-28-17-9-3-14(21)4-10-17/h3-10,12H,11H2,1-2H3,(H,22,26)(H,23,27)/t12-/m0/s1. The summed E-state index contributed by atoms with van der Waals surface area (Å²) in [6.45, 7) is 3.16. The van der Waals surface area contributed by atoms with Crippen LogP contribution in [0.5, 0.6) is 5.75 Å². The van der Waals surface area contributed by atoms with E-state index in [0.717, 1.165) is 11.8 Å². The molecular weight excluding hydrogens is 411 g/mol. The van der Waals surface area contributed by atoms with Gasteiger partial charge in [-0.1, -0.05) is 11.8 Å². The van der Waals surface area contributed by atoms with Crippen molar-refractivity contribution in [3.63, 3.8) is 0 Å². The smallest absolute Gasteiger partial charge is 0.277 e. The van der Waals surface area contributed by atoms with Crippen LogP contribution in [0.15, 0.2) is 58.2 Å². The first kappa shape index (κ1) is 21.3. The second kappa shape index (κ2) is 9.88. The number of carbonyl (C=O) groups is 2. The Morgan fingerprint density at radius 1 is 1.07 bits per heavy atom. The van der Waals surface area contributed by atoms with Crippen LogP contribution < -0.4 is 15.4 Å². The SMILES string of the molecule is CC(=O)Nc1ccc(NC(=O)[C@H](C)Sc2nnc(COc3ccc(F)cc3)o2)cc1. The molecule has 1 aromatic heterocycles. The lowest BCUT2D eigenvalue weighted by molar-refractivity contribution is -0.115.